The van der Waals surface area contributed by atoms with E-state index in [1.807, 2.05) is 0 Å². The summed E-state index contributed by atoms with van der Waals surface area (Å²) in [6.45, 7) is 0.178. The molecule has 92 valence electrons. The van der Waals surface area contributed by atoms with E-state index >= 15 is 0 Å². The lowest BCUT2D eigenvalue weighted by atomic mass is 10.2. The molecule has 2 aromatic rings. The van der Waals surface area contributed by atoms with Crippen LogP contribution >= 0.6 is 0 Å². The molecule has 5 heteroatoms. The number of hydrogen-bond acceptors (Lipinski definition) is 3. The molecule has 0 aliphatic heterocycles. The van der Waals surface area contributed by atoms with E-state index < -0.39 is 5.97 Å². The fraction of sp³-hybridized carbons (Fsp3) is 0.0769. The average Bonchev–Trinajstić information content (AvgIpc) is 2.37. The zero-order valence-corrected chi connectivity index (χ0v) is 9.34. The number of ether oxygens (including phenoxy) is 1. The van der Waals surface area contributed by atoms with Gasteiger partial charge >= 0.3 is 5.97 Å². The van der Waals surface area contributed by atoms with Gasteiger partial charge in [0, 0.05) is 12.3 Å². The maximum atomic E-state index is 12.9. The zero-order valence-electron chi connectivity index (χ0n) is 9.34. The number of rotatable bonds is 4. The second-order valence-corrected chi connectivity index (χ2v) is 3.61. The molecule has 1 aromatic carbocycles. The Morgan fingerprint density at radius 2 is 2.17 bits per heavy atom. The molecule has 0 aliphatic rings. The summed E-state index contributed by atoms with van der Waals surface area (Å²) >= 11 is 0. The van der Waals surface area contributed by atoms with Gasteiger partial charge in [0.05, 0.1) is 5.56 Å². The third-order valence-electron chi connectivity index (χ3n) is 2.26. The third-order valence-corrected chi connectivity index (χ3v) is 2.26. The van der Waals surface area contributed by atoms with E-state index in [-0.39, 0.29) is 18.0 Å². The van der Waals surface area contributed by atoms with Crippen molar-refractivity contribution in [2.45, 2.75) is 6.61 Å². The van der Waals surface area contributed by atoms with Gasteiger partial charge in [-0.1, -0.05) is 12.1 Å². The van der Waals surface area contributed by atoms with Crippen molar-refractivity contribution in [2.24, 2.45) is 0 Å². The predicted molar refractivity (Wildman–Crippen MR) is 61.9 cm³/mol. The molecule has 0 aliphatic carbocycles. The molecule has 1 N–H and O–H groups in total. The number of carboxylic acid groups (broad SMARTS) is 1. The Bertz CT molecular complexity index is 554. The maximum Gasteiger partial charge on any atom is 0.337 e. The van der Waals surface area contributed by atoms with Gasteiger partial charge in [-0.15, -0.1) is 0 Å². The molecule has 0 amide bonds. The van der Waals surface area contributed by atoms with Gasteiger partial charge in [-0.2, -0.15) is 0 Å². The molecule has 0 bridgehead atoms. The van der Waals surface area contributed by atoms with Gasteiger partial charge in [-0.05, 0) is 23.8 Å². The molecule has 0 saturated heterocycles. The number of benzene rings is 1. The molecule has 0 fully saturated rings. The Morgan fingerprint density at radius 1 is 1.33 bits per heavy atom. The fourth-order valence-corrected chi connectivity index (χ4v) is 1.38. The van der Waals surface area contributed by atoms with Crippen LogP contribution in [-0.2, 0) is 6.61 Å². The SMILES string of the molecule is O=C(O)c1ccc(OCc2cccc(F)c2)nc1. The van der Waals surface area contributed by atoms with Crippen LogP contribution in [0.2, 0.25) is 0 Å². The lowest BCUT2D eigenvalue weighted by Crippen LogP contribution is -2.00. The normalized spacial score (nSPS) is 10.1. The smallest absolute Gasteiger partial charge is 0.337 e. The number of halogens is 1. The second kappa shape index (κ2) is 5.27. The van der Waals surface area contributed by atoms with E-state index in [0.29, 0.717) is 11.4 Å². The summed E-state index contributed by atoms with van der Waals surface area (Å²) < 4.78 is 18.2. The van der Waals surface area contributed by atoms with E-state index in [4.69, 9.17) is 9.84 Å². The summed E-state index contributed by atoms with van der Waals surface area (Å²) in [5.41, 5.74) is 0.771. The standard InChI is InChI=1S/C13H10FNO3/c14-11-3-1-2-9(6-11)8-18-12-5-4-10(7-15-12)13(16)17/h1-7H,8H2,(H,16,17). The minimum absolute atomic E-state index is 0.0908. The first-order valence-electron chi connectivity index (χ1n) is 5.22. The van der Waals surface area contributed by atoms with Gasteiger partial charge in [0.1, 0.15) is 12.4 Å². The molecular formula is C13H10FNO3. The van der Waals surface area contributed by atoms with Crippen molar-refractivity contribution in [3.8, 4) is 5.88 Å². The van der Waals surface area contributed by atoms with Crippen molar-refractivity contribution < 1.29 is 19.0 Å². The minimum atomic E-state index is -1.04. The van der Waals surface area contributed by atoms with Crippen LogP contribution in [0.1, 0.15) is 15.9 Å². The summed E-state index contributed by atoms with van der Waals surface area (Å²) in [6.07, 6.45) is 1.21. The minimum Gasteiger partial charge on any atom is -0.478 e. The van der Waals surface area contributed by atoms with E-state index in [1.165, 1.54) is 30.5 Å². The molecule has 1 heterocycles. The Hall–Kier alpha value is -2.43. The highest BCUT2D eigenvalue weighted by Gasteiger charge is 2.03. The highest BCUT2D eigenvalue weighted by molar-refractivity contribution is 5.87. The van der Waals surface area contributed by atoms with Gasteiger partial charge in [0.25, 0.3) is 0 Å². The van der Waals surface area contributed by atoms with Crippen molar-refractivity contribution in [2.75, 3.05) is 0 Å². The monoisotopic (exact) mass is 247 g/mol. The van der Waals surface area contributed by atoms with Crippen LogP contribution < -0.4 is 4.74 Å². The van der Waals surface area contributed by atoms with Crippen molar-refractivity contribution in [3.05, 3.63) is 59.5 Å². The Labute approximate surface area is 103 Å². The Balaban J connectivity index is 2.00. The second-order valence-electron chi connectivity index (χ2n) is 3.61. The fourth-order valence-electron chi connectivity index (χ4n) is 1.38. The highest BCUT2D eigenvalue weighted by atomic mass is 19.1. The van der Waals surface area contributed by atoms with Crippen LogP contribution in [-0.4, -0.2) is 16.1 Å². The van der Waals surface area contributed by atoms with Crippen molar-refractivity contribution >= 4 is 5.97 Å². The number of aromatic carboxylic acids is 1. The number of aromatic nitrogens is 1. The van der Waals surface area contributed by atoms with Gasteiger partial charge in [0.2, 0.25) is 5.88 Å². The molecule has 2 rings (SSSR count). The van der Waals surface area contributed by atoms with Crippen LogP contribution in [0.25, 0.3) is 0 Å². The number of pyridine rings is 1. The highest BCUT2D eigenvalue weighted by Crippen LogP contribution is 2.11. The largest absolute Gasteiger partial charge is 0.478 e. The quantitative estimate of drug-likeness (QED) is 0.901. The van der Waals surface area contributed by atoms with Crippen LogP contribution in [0.5, 0.6) is 5.88 Å². The summed E-state index contributed by atoms with van der Waals surface area (Å²) in [5, 5.41) is 8.69. The van der Waals surface area contributed by atoms with Gasteiger partial charge in [-0.25, -0.2) is 14.2 Å². The summed E-state index contributed by atoms with van der Waals surface area (Å²) in [7, 11) is 0. The van der Waals surface area contributed by atoms with E-state index in [9.17, 15) is 9.18 Å². The molecule has 0 atom stereocenters. The Morgan fingerprint density at radius 3 is 2.78 bits per heavy atom. The first-order valence-corrected chi connectivity index (χ1v) is 5.22. The van der Waals surface area contributed by atoms with E-state index in [0.717, 1.165) is 0 Å². The summed E-state index contributed by atoms with van der Waals surface area (Å²) in [4.78, 5) is 14.4. The third kappa shape index (κ3) is 3.04. The molecule has 0 unspecified atom stereocenters. The maximum absolute atomic E-state index is 12.9. The molecule has 18 heavy (non-hydrogen) atoms. The predicted octanol–water partition coefficient (Wildman–Crippen LogP) is 2.50. The van der Waals surface area contributed by atoms with E-state index in [2.05, 4.69) is 4.98 Å². The first kappa shape index (κ1) is 12.0. The number of carbonyl (C=O) groups is 1. The van der Waals surface area contributed by atoms with Crippen molar-refractivity contribution in [3.63, 3.8) is 0 Å². The van der Waals surface area contributed by atoms with Gasteiger partial charge in [-0.3, -0.25) is 0 Å². The molecular weight excluding hydrogens is 237 g/mol. The first-order chi connectivity index (χ1) is 8.65. The van der Waals surface area contributed by atoms with Gasteiger partial charge < -0.3 is 9.84 Å². The number of hydrogen-bond donors (Lipinski definition) is 1. The number of carboxylic acids is 1. The van der Waals surface area contributed by atoms with Crippen LogP contribution in [0.4, 0.5) is 4.39 Å². The van der Waals surface area contributed by atoms with Gasteiger partial charge in [0.15, 0.2) is 0 Å². The summed E-state index contributed by atoms with van der Waals surface area (Å²) in [5.74, 6) is -1.08. The van der Waals surface area contributed by atoms with Crippen molar-refractivity contribution in [1.82, 2.24) is 4.98 Å². The summed E-state index contributed by atoms with van der Waals surface area (Å²) in [6, 6.07) is 8.90. The van der Waals surface area contributed by atoms with Crippen molar-refractivity contribution in [1.29, 1.82) is 0 Å². The lowest BCUT2D eigenvalue weighted by Gasteiger charge is -2.05. The Kier molecular flexibility index (Phi) is 3.52. The molecule has 0 radical (unpaired) electrons. The topological polar surface area (TPSA) is 59.4 Å². The number of nitrogens with zero attached hydrogens (tertiary/aromatic N) is 1. The zero-order chi connectivity index (χ0) is 13.0. The average molecular weight is 247 g/mol. The molecule has 0 saturated carbocycles. The molecule has 0 spiro atoms. The van der Waals surface area contributed by atoms with Crippen LogP contribution in [0.3, 0.4) is 0 Å². The van der Waals surface area contributed by atoms with E-state index in [1.54, 1.807) is 12.1 Å². The van der Waals surface area contributed by atoms with Crippen LogP contribution in [0, 0.1) is 5.82 Å². The molecule has 4 nitrogen and oxygen atoms in total. The molecule has 1 aromatic heterocycles. The lowest BCUT2D eigenvalue weighted by molar-refractivity contribution is 0.0696. The van der Waals surface area contributed by atoms with Crippen LogP contribution in [0.15, 0.2) is 42.6 Å².